The minimum Gasteiger partial charge on any atom is -0.467 e. The Balaban J connectivity index is 1.54. The van der Waals surface area contributed by atoms with Gasteiger partial charge in [-0.05, 0) is 29.8 Å². The van der Waals surface area contributed by atoms with Crippen LogP contribution in [0.4, 0.5) is 4.39 Å². The zero-order chi connectivity index (χ0) is 22.7. The van der Waals surface area contributed by atoms with Crippen molar-refractivity contribution in [2.24, 2.45) is 4.99 Å². The number of furan rings is 1. The third-order valence-corrected chi connectivity index (χ3v) is 8.38. The molecule has 1 N–H and O–H groups in total. The number of hydrogen-bond acceptors (Lipinski definition) is 7. The Morgan fingerprint density at radius 3 is 2.81 bits per heavy atom. The number of rotatable bonds is 6. The molecule has 0 bridgehead atoms. The van der Waals surface area contributed by atoms with Gasteiger partial charge in [0.2, 0.25) is 0 Å². The van der Waals surface area contributed by atoms with Crippen LogP contribution in [-0.4, -0.2) is 47.2 Å². The Hall–Kier alpha value is -3.10. The van der Waals surface area contributed by atoms with Gasteiger partial charge in [-0.1, -0.05) is 23.9 Å². The van der Waals surface area contributed by atoms with Gasteiger partial charge in [-0.25, -0.2) is 17.8 Å². The molecule has 0 radical (unpaired) electrons. The van der Waals surface area contributed by atoms with Gasteiger partial charge in [0.05, 0.1) is 36.6 Å². The van der Waals surface area contributed by atoms with Gasteiger partial charge >= 0.3 is 0 Å². The molecular weight excluding hydrogens is 455 g/mol. The van der Waals surface area contributed by atoms with Gasteiger partial charge in [-0.2, -0.15) is 5.26 Å². The number of halogens is 1. The highest BCUT2D eigenvalue weighted by Crippen LogP contribution is 2.39. The van der Waals surface area contributed by atoms with E-state index in [0.29, 0.717) is 17.5 Å². The van der Waals surface area contributed by atoms with Crippen LogP contribution in [0.1, 0.15) is 11.3 Å². The molecule has 8 nitrogen and oxygen atoms in total. The molecule has 1 aromatic carbocycles. The van der Waals surface area contributed by atoms with Crippen LogP contribution >= 0.6 is 11.8 Å². The average Bonchev–Trinajstić information content (AvgIpc) is 3.45. The van der Waals surface area contributed by atoms with Gasteiger partial charge in [0, 0.05) is 11.8 Å². The third-order valence-electron chi connectivity index (χ3n) is 5.11. The maximum atomic E-state index is 13.3. The summed E-state index contributed by atoms with van der Waals surface area (Å²) in [7, 11) is -3.16. The summed E-state index contributed by atoms with van der Waals surface area (Å²) in [5, 5.41) is 12.3. The summed E-state index contributed by atoms with van der Waals surface area (Å²) in [6.07, 6.45) is 2.67. The van der Waals surface area contributed by atoms with E-state index in [1.54, 1.807) is 24.3 Å². The maximum absolute atomic E-state index is 13.3. The molecular formula is C21H19FN4O4S2. The van der Waals surface area contributed by atoms with E-state index in [4.69, 9.17) is 4.42 Å². The van der Waals surface area contributed by atoms with Gasteiger partial charge in [0.15, 0.2) is 15.0 Å². The first kappa shape index (κ1) is 22.1. The van der Waals surface area contributed by atoms with Crippen LogP contribution < -0.4 is 5.32 Å². The van der Waals surface area contributed by atoms with E-state index in [1.165, 1.54) is 36.4 Å². The number of fused-ring (bicyclic) bond motifs is 1. The first-order valence-corrected chi connectivity index (χ1v) is 12.4. The number of amidine groups is 1. The second-order valence-electron chi connectivity index (χ2n) is 7.38. The number of hydrogen-bond donors (Lipinski definition) is 1. The van der Waals surface area contributed by atoms with E-state index in [-0.39, 0.29) is 40.7 Å². The highest BCUT2D eigenvalue weighted by molar-refractivity contribution is 8.15. The number of nitrogens with zero attached hydrogens (tertiary/aromatic N) is 3. The van der Waals surface area contributed by atoms with Gasteiger partial charge in [-0.15, -0.1) is 0 Å². The van der Waals surface area contributed by atoms with Gasteiger partial charge in [0.25, 0.3) is 5.91 Å². The molecule has 1 amide bonds. The monoisotopic (exact) mass is 474 g/mol. The molecule has 0 aliphatic carbocycles. The van der Waals surface area contributed by atoms with Crippen molar-refractivity contribution >= 4 is 32.7 Å². The molecule has 2 aliphatic rings. The number of nitriles is 1. The first-order chi connectivity index (χ1) is 15.3. The summed E-state index contributed by atoms with van der Waals surface area (Å²) < 4.78 is 42.7. The minimum atomic E-state index is -3.16. The second kappa shape index (κ2) is 9.18. The van der Waals surface area contributed by atoms with Crippen molar-refractivity contribution in [1.29, 1.82) is 5.26 Å². The number of nitrogens with one attached hydrogen (secondary N) is 1. The lowest BCUT2D eigenvalue weighted by molar-refractivity contribution is -0.117. The molecule has 2 unspecified atom stereocenters. The molecule has 11 heteroatoms. The van der Waals surface area contributed by atoms with E-state index in [1.807, 2.05) is 11.0 Å². The normalized spacial score (nSPS) is 23.2. The number of aliphatic imine (C=N–C) groups is 1. The summed E-state index contributed by atoms with van der Waals surface area (Å²) in [5.74, 6) is -0.359. The van der Waals surface area contributed by atoms with Crippen LogP contribution in [0.15, 0.2) is 63.8 Å². The molecule has 1 aromatic heterocycles. The van der Waals surface area contributed by atoms with Crippen LogP contribution in [-0.2, 0) is 27.7 Å². The highest BCUT2D eigenvalue weighted by atomic mass is 32.2. The smallest absolute Gasteiger partial charge is 0.263 e. The number of thioether (sulfide) groups is 1. The molecule has 2 atom stereocenters. The number of amides is 1. The van der Waals surface area contributed by atoms with Crippen LogP contribution in [0.25, 0.3) is 0 Å². The molecule has 0 spiro atoms. The maximum Gasteiger partial charge on any atom is 0.263 e. The lowest BCUT2D eigenvalue weighted by atomic mass is 10.1. The van der Waals surface area contributed by atoms with E-state index in [2.05, 4.69) is 10.3 Å². The summed E-state index contributed by atoms with van der Waals surface area (Å²) in [5.41, 5.74) is 0.612. The predicted molar refractivity (Wildman–Crippen MR) is 117 cm³/mol. The number of carbonyl (C=O) groups excluding carboxylic acids is 1. The quantitative estimate of drug-likeness (QED) is 0.504. The molecule has 32 heavy (non-hydrogen) atoms. The van der Waals surface area contributed by atoms with E-state index < -0.39 is 15.7 Å². The molecule has 3 heterocycles. The molecule has 166 valence electrons. The molecule has 2 aliphatic heterocycles. The van der Waals surface area contributed by atoms with Crippen LogP contribution in [0.3, 0.4) is 0 Å². The third kappa shape index (κ3) is 5.03. The van der Waals surface area contributed by atoms with Crippen LogP contribution in [0, 0.1) is 17.1 Å². The van der Waals surface area contributed by atoms with Crippen molar-refractivity contribution < 1.29 is 22.0 Å². The first-order valence-electron chi connectivity index (χ1n) is 9.71. The SMILES string of the molecule is N#C/C(=C\N=C1SC2CS(=O)(=O)CC2N1Cc1ccc(F)cc1)C(=O)NCc1ccco1. The minimum absolute atomic E-state index is 0.00331. The molecule has 2 aromatic rings. The lowest BCUT2D eigenvalue weighted by Gasteiger charge is -2.24. The molecule has 4 rings (SSSR count). The fourth-order valence-electron chi connectivity index (χ4n) is 3.55. The Kier molecular flexibility index (Phi) is 6.34. The van der Waals surface area contributed by atoms with E-state index >= 15 is 0 Å². The fourth-order valence-corrected chi connectivity index (χ4v) is 7.48. The highest BCUT2D eigenvalue weighted by Gasteiger charge is 2.48. The molecule has 2 fully saturated rings. The summed E-state index contributed by atoms with van der Waals surface area (Å²) >= 11 is 1.31. The van der Waals surface area contributed by atoms with Gasteiger partial charge < -0.3 is 14.6 Å². The average molecular weight is 475 g/mol. The van der Waals surface area contributed by atoms with Crippen molar-refractivity contribution in [2.45, 2.75) is 24.4 Å². The van der Waals surface area contributed by atoms with Crippen molar-refractivity contribution in [3.8, 4) is 6.07 Å². The van der Waals surface area contributed by atoms with Gasteiger partial charge in [0.1, 0.15) is 23.2 Å². The number of benzene rings is 1. The van der Waals surface area contributed by atoms with Crippen molar-refractivity contribution in [3.05, 3.63) is 71.6 Å². The summed E-state index contributed by atoms with van der Waals surface area (Å²) in [4.78, 5) is 18.5. The Morgan fingerprint density at radius 1 is 1.34 bits per heavy atom. The molecule has 0 saturated carbocycles. The number of carbonyl (C=O) groups is 1. The fraction of sp³-hybridized carbons (Fsp3) is 0.286. The Bertz CT molecular complexity index is 1200. The summed E-state index contributed by atoms with van der Waals surface area (Å²) in [6, 6.07) is 10.9. The second-order valence-corrected chi connectivity index (χ2v) is 10.7. The Labute approximate surface area is 188 Å². The standard InChI is InChI=1S/C21H19FN4O4S2/c22-16-5-3-14(4-6-16)11-26-18-12-32(28,29)13-19(18)31-21(26)25-9-15(8-23)20(27)24-10-17-2-1-7-30-17/h1-7,9,18-19H,10-13H2,(H,24,27)/b15-9+,25-21?. The topological polar surface area (TPSA) is 116 Å². The molecule has 2 saturated heterocycles. The van der Waals surface area contributed by atoms with Crippen molar-refractivity contribution in [1.82, 2.24) is 10.2 Å². The number of sulfone groups is 1. The Morgan fingerprint density at radius 2 is 2.12 bits per heavy atom. The zero-order valence-electron chi connectivity index (χ0n) is 16.8. The van der Waals surface area contributed by atoms with Crippen LogP contribution in [0.5, 0.6) is 0 Å². The largest absolute Gasteiger partial charge is 0.467 e. The van der Waals surface area contributed by atoms with E-state index in [9.17, 15) is 22.9 Å². The van der Waals surface area contributed by atoms with E-state index in [0.717, 1.165) is 5.56 Å². The predicted octanol–water partition coefficient (Wildman–Crippen LogP) is 2.21. The van der Waals surface area contributed by atoms with Crippen LogP contribution in [0.2, 0.25) is 0 Å². The van der Waals surface area contributed by atoms with Gasteiger partial charge in [-0.3, -0.25) is 4.79 Å². The summed E-state index contributed by atoms with van der Waals surface area (Å²) in [6.45, 7) is 0.470. The van der Waals surface area contributed by atoms with Crippen molar-refractivity contribution in [2.75, 3.05) is 11.5 Å². The zero-order valence-corrected chi connectivity index (χ0v) is 18.4. The van der Waals surface area contributed by atoms with Crippen molar-refractivity contribution in [3.63, 3.8) is 0 Å². The lowest BCUT2D eigenvalue weighted by Crippen LogP contribution is -2.36.